The number of unbranched alkanes of at least 4 members (excludes halogenated alkanes) is 1. The summed E-state index contributed by atoms with van der Waals surface area (Å²) in [6.07, 6.45) is 4.00. The third-order valence-corrected chi connectivity index (χ3v) is 13.2. The Balaban J connectivity index is 1.85. The largest absolute Gasteiger partial charge is 0.490 e. The predicted octanol–water partition coefficient (Wildman–Crippen LogP) is 4.30. The van der Waals surface area contributed by atoms with E-state index in [9.17, 15) is 42.3 Å². The van der Waals surface area contributed by atoms with Crippen LogP contribution in [0.3, 0.4) is 0 Å². The van der Waals surface area contributed by atoms with Gasteiger partial charge in [0.1, 0.15) is 53.6 Å². The zero-order valence-corrected chi connectivity index (χ0v) is 43.9. The van der Waals surface area contributed by atoms with Crippen LogP contribution in [0.25, 0.3) is 0 Å². The Morgan fingerprint density at radius 3 is 2.00 bits per heavy atom. The molecule has 0 fully saturated rings. The van der Waals surface area contributed by atoms with Crippen LogP contribution in [0.1, 0.15) is 119 Å². The third-order valence-electron chi connectivity index (χ3n) is 11.6. The molecule has 1 aromatic carbocycles. The van der Waals surface area contributed by atoms with Crippen molar-refractivity contribution in [2.45, 2.75) is 150 Å². The van der Waals surface area contributed by atoms with Crippen molar-refractivity contribution in [3.05, 3.63) is 88.3 Å². The zero-order chi connectivity index (χ0) is 54.0. The van der Waals surface area contributed by atoms with Crippen LogP contribution >= 0.6 is 0 Å². The van der Waals surface area contributed by atoms with E-state index in [-0.39, 0.29) is 69.1 Å². The second-order valence-electron chi connectivity index (χ2n) is 19.2. The van der Waals surface area contributed by atoms with Crippen LogP contribution in [0.15, 0.2) is 87.8 Å². The van der Waals surface area contributed by atoms with E-state index in [1.54, 1.807) is 65.0 Å². The standard InChI is InChI=1S/C50H75N9O12S/c1-12-17-39(46(64)65)57-44(62)38(19-16-27-52-47(51)58-59-72(67,68)42-41-30(3)31(4)70-32(5)36(41)24-25-50(42,10)11)55-43(61)37(18-14-15-26-53-48(66)71-49(7,8)9)56-45(63)40(54-33(6)60)29-34-20-22-35(23-21-34)69-28-13-2/h12-13,20-23,37-40,59H,1-2,14-19,24-29H2,3-11H3,(H,53,66)(H,54,60)(H,55,61)(H,56,63)(H,57,62)(H,64,65)(H3,51,52,58)/t37-,38-,39+,40+/m1/s1. The SMILES string of the molecule is C=CCOc1ccc(C[C@H](NC(C)=O)C(=O)N[C@H](CCCCNC(=O)OC(C)(C)C)C(=O)N[C@H](CCCNC(N)=NNS(=O)(=O)C2=C3C(C)=C(C)OC(C)=C3CCC2(C)C)C(=O)N[C@@H](CC=C)C(=O)O)cc1. The van der Waals surface area contributed by atoms with Crippen molar-refractivity contribution < 1.29 is 56.5 Å². The van der Waals surface area contributed by atoms with E-state index >= 15 is 0 Å². The summed E-state index contributed by atoms with van der Waals surface area (Å²) >= 11 is 0. The minimum absolute atomic E-state index is 0.0126. The maximum absolute atomic E-state index is 14.3. The minimum Gasteiger partial charge on any atom is -0.490 e. The number of carbonyl (C=O) groups excluding carboxylic acids is 5. The first kappa shape index (κ1) is 59.5. The number of hydrazone groups is 1. The topological polar surface area (TPSA) is 307 Å². The Kier molecular flexibility index (Phi) is 22.4. The molecule has 1 aliphatic carbocycles. The Hall–Kier alpha value is -6.84. The number of alkyl carbamates (subject to hydrolysis) is 1. The lowest BCUT2D eigenvalue weighted by Gasteiger charge is -2.38. The number of benzene rings is 1. The van der Waals surface area contributed by atoms with E-state index in [1.165, 1.54) is 13.0 Å². The number of allylic oxidation sites excluding steroid dienone is 6. The molecule has 5 amide bonds. The zero-order valence-electron chi connectivity index (χ0n) is 43.0. The molecule has 3 rings (SSSR count). The maximum Gasteiger partial charge on any atom is 0.407 e. The lowest BCUT2D eigenvalue weighted by Crippen LogP contribution is -2.58. The van der Waals surface area contributed by atoms with Gasteiger partial charge >= 0.3 is 12.1 Å². The first-order chi connectivity index (χ1) is 33.7. The van der Waals surface area contributed by atoms with E-state index in [4.69, 9.17) is 19.9 Å². The Morgan fingerprint density at radius 2 is 1.43 bits per heavy atom. The summed E-state index contributed by atoms with van der Waals surface area (Å²) in [5, 5.41) is 29.7. The number of carbonyl (C=O) groups is 6. The molecule has 0 saturated carbocycles. The number of rotatable bonds is 27. The van der Waals surface area contributed by atoms with Gasteiger partial charge in [0.15, 0.2) is 0 Å². The molecule has 72 heavy (non-hydrogen) atoms. The normalized spacial score (nSPS) is 16.3. The van der Waals surface area contributed by atoms with Gasteiger partial charge in [0.2, 0.25) is 29.6 Å². The van der Waals surface area contributed by atoms with Crippen LogP contribution in [0.4, 0.5) is 4.79 Å². The molecule has 0 radical (unpaired) electrons. The van der Waals surface area contributed by atoms with Crippen LogP contribution in [-0.4, -0.2) is 105 Å². The van der Waals surface area contributed by atoms with Crippen molar-refractivity contribution in [2.24, 2.45) is 16.3 Å². The van der Waals surface area contributed by atoms with Crippen molar-refractivity contribution in [3.63, 3.8) is 0 Å². The number of sulfonamides is 1. The molecule has 0 saturated heterocycles. The number of amides is 5. The summed E-state index contributed by atoms with van der Waals surface area (Å²) in [4.78, 5) is 81.2. The van der Waals surface area contributed by atoms with Crippen molar-refractivity contribution in [3.8, 4) is 5.75 Å². The van der Waals surface area contributed by atoms with Gasteiger partial charge in [-0.3, -0.25) is 19.2 Å². The summed E-state index contributed by atoms with van der Waals surface area (Å²) in [7, 11) is -4.24. The number of carboxylic acid groups (broad SMARTS) is 1. The minimum atomic E-state index is -4.24. The Bertz CT molecular complexity index is 2400. The Labute approximate surface area is 423 Å². The number of nitrogens with two attached hydrogens (primary N) is 1. The van der Waals surface area contributed by atoms with Crippen molar-refractivity contribution in [1.29, 1.82) is 0 Å². The van der Waals surface area contributed by atoms with Gasteiger partial charge in [0, 0.05) is 37.4 Å². The highest BCUT2D eigenvalue weighted by Crippen LogP contribution is 2.50. The van der Waals surface area contributed by atoms with Gasteiger partial charge in [-0.15, -0.1) is 11.7 Å². The highest BCUT2D eigenvalue weighted by atomic mass is 32.2. The predicted molar refractivity (Wildman–Crippen MR) is 273 cm³/mol. The van der Waals surface area contributed by atoms with Crippen LogP contribution in [-0.2, 0) is 49.9 Å². The molecule has 10 N–H and O–H groups in total. The molecule has 398 valence electrons. The summed E-state index contributed by atoms with van der Waals surface area (Å²) in [6, 6.07) is 1.68. The average Bonchev–Trinajstić information content (AvgIpc) is 3.28. The number of carboxylic acids is 1. The molecule has 2 aliphatic rings. The molecule has 4 atom stereocenters. The number of hydrogen-bond donors (Lipinski definition) is 9. The number of hydrogen-bond acceptors (Lipinski definition) is 12. The first-order valence-electron chi connectivity index (χ1n) is 23.9. The molecule has 1 heterocycles. The van der Waals surface area contributed by atoms with E-state index in [0.29, 0.717) is 53.2 Å². The summed E-state index contributed by atoms with van der Waals surface area (Å²) in [6.45, 7) is 23.2. The second kappa shape index (κ2) is 27.1. The molecule has 1 aromatic rings. The smallest absolute Gasteiger partial charge is 0.407 e. The fraction of sp³-hybridized carbons (Fsp3) is 0.540. The number of ether oxygens (including phenoxy) is 3. The highest BCUT2D eigenvalue weighted by Gasteiger charge is 2.43. The summed E-state index contributed by atoms with van der Waals surface area (Å²) in [5.74, 6) is -2.72. The number of fused-ring (bicyclic) bond motifs is 1. The average molecular weight is 1030 g/mol. The van der Waals surface area contributed by atoms with Gasteiger partial charge in [0.05, 0.1) is 4.91 Å². The monoisotopic (exact) mass is 1030 g/mol. The molecular weight excluding hydrogens is 951 g/mol. The molecule has 22 heteroatoms. The van der Waals surface area contributed by atoms with E-state index in [1.807, 2.05) is 20.8 Å². The number of aliphatic carboxylic acids is 1. The van der Waals surface area contributed by atoms with Gasteiger partial charge in [-0.05, 0) is 122 Å². The van der Waals surface area contributed by atoms with Gasteiger partial charge in [-0.25, -0.2) is 18.0 Å². The molecule has 1 aliphatic heterocycles. The molecule has 0 spiro atoms. The highest BCUT2D eigenvalue weighted by molar-refractivity contribution is 7.93. The molecule has 0 aromatic heterocycles. The lowest BCUT2D eigenvalue weighted by molar-refractivity contribution is -0.142. The lowest BCUT2D eigenvalue weighted by atomic mass is 9.74. The quantitative estimate of drug-likeness (QED) is 0.0195. The van der Waals surface area contributed by atoms with Gasteiger partial charge in [0.25, 0.3) is 10.0 Å². The van der Waals surface area contributed by atoms with E-state index in [2.05, 4.69) is 55.0 Å². The second-order valence-corrected chi connectivity index (χ2v) is 20.8. The number of guanidine groups is 1. The van der Waals surface area contributed by atoms with Crippen LogP contribution < -0.4 is 47.2 Å². The number of nitrogens with one attached hydrogen (secondary N) is 7. The van der Waals surface area contributed by atoms with Crippen molar-refractivity contribution >= 4 is 51.7 Å². The van der Waals surface area contributed by atoms with Gasteiger partial charge < -0.3 is 57.0 Å². The van der Waals surface area contributed by atoms with Crippen LogP contribution in [0.2, 0.25) is 0 Å². The van der Waals surface area contributed by atoms with E-state index in [0.717, 1.165) is 5.57 Å². The Morgan fingerprint density at radius 1 is 0.847 bits per heavy atom. The van der Waals surface area contributed by atoms with Crippen LogP contribution in [0, 0.1) is 5.41 Å². The fourth-order valence-electron chi connectivity index (χ4n) is 7.95. The first-order valence-corrected chi connectivity index (χ1v) is 25.4. The van der Waals surface area contributed by atoms with Crippen molar-refractivity contribution in [1.82, 2.24) is 36.7 Å². The fourth-order valence-corrected chi connectivity index (χ4v) is 9.63. The van der Waals surface area contributed by atoms with Gasteiger partial charge in [-0.1, -0.05) is 44.7 Å². The summed E-state index contributed by atoms with van der Waals surface area (Å²) < 4.78 is 44.6. The summed E-state index contributed by atoms with van der Waals surface area (Å²) in [5.41, 5.74) is 7.41. The molecule has 0 bridgehead atoms. The van der Waals surface area contributed by atoms with Crippen molar-refractivity contribution in [2.75, 3.05) is 19.7 Å². The van der Waals surface area contributed by atoms with E-state index < -0.39 is 80.9 Å². The maximum atomic E-state index is 14.3. The molecule has 0 unspecified atom stereocenters. The van der Waals surface area contributed by atoms with Gasteiger partial charge in [-0.2, -0.15) is 4.83 Å². The molecular formula is C50H75N9O12S. The number of nitrogens with zero attached hydrogens (tertiary/aromatic N) is 1. The van der Waals surface area contributed by atoms with Crippen LogP contribution in [0.5, 0.6) is 5.75 Å². The molecule has 21 nitrogen and oxygen atoms in total. The third kappa shape index (κ3) is 18.7.